The first-order valence-corrected chi connectivity index (χ1v) is 8.96. The molecule has 3 heterocycles. The summed E-state index contributed by atoms with van der Waals surface area (Å²) >= 11 is 0. The van der Waals surface area contributed by atoms with E-state index >= 15 is 0 Å². The molecule has 130 valence electrons. The van der Waals surface area contributed by atoms with E-state index in [1.54, 1.807) is 6.33 Å². The van der Waals surface area contributed by atoms with E-state index in [9.17, 15) is 0 Å². The quantitative estimate of drug-likeness (QED) is 0.716. The number of anilines is 1. The van der Waals surface area contributed by atoms with Crippen LogP contribution in [0.1, 0.15) is 25.5 Å². The summed E-state index contributed by atoms with van der Waals surface area (Å²) in [5, 5.41) is 4.36. The Morgan fingerprint density at radius 2 is 2.12 bits per heavy atom. The molecular weight excluding hydrogens is 314 g/mol. The van der Waals surface area contributed by atoms with E-state index in [4.69, 9.17) is 4.74 Å². The molecule has 1 aromatic carbocycles. The average molecular weight is 337 g/mol. The van der Waals surface area contributed by atoms with E-state index in [1.165, 1.54) is 6.42 Å². The van der Waals surface area contributed by atoms with Crippen molar-refractivity contribution in [3.63, 3.8) is 0 Å². The maximum atomic E-state index is 5.97. The second-order valence-corrected chi connectivity index (χ2v) is 6.51. The molecule has 1 unspecified atom stereocenters. The summed E-state index contributed by atoms with van der Waals surface area (Å²) < 4.78 is 7.82. The molecule has 6 nitrogen and oxygen atoms in total. The fourth-order valence-electron chi connectivity index (χ4n) is 3.39. The molecule has 4 rings (SSSR count). The maximum absolute atomic E-state index is 5.97. The number of para-hydroxylation sites is 1. The molecule has 3 aromatic rings. The summed E-state index contributed by atoms with van der Waals surface area (Å²) in [7, 11) is 0. The fraction of sp³-hybridized carbons (Fsp3) is 0.421. The Balaban J connectivity index is 1.50. The van der Waals surface area contributed by atoms with E-state index in [1.807, 2.05) is 34.8 Å². The molecule has 0 radical (unpaired) electrons. The molecule has 0 N–H and O–H groups in total. The van der Waals surface area contributed by atoms with Gasteiger partial charge in [0.05, 0.1) is 6.61 Å². The smallest absolute Gasteiger partial charge is 0.254 e. The lowest BCUT2D eigenvalue weighted by Crippen LogP contribution is -2.39. The highest BCUT2D eigenvalue weighted by Crippen LogP contribution is 2.25. The van der Waals surface area contributed by atoms with Crippen molar-refractivity contribution in [3.05, 3.63) is 48.4 Å². The second-order valence-electron chi connectivity index (χ2n) is 6.51. The van der Waals surface area contributed by atoms with Crippen LogP contribution >= 0.6 is 0 Å². The average Bonchev–Trinajstić information content (AvgIpc) is 3.15. The summed E-state index contributed by atoms with van der Waals surface area (Å²) in [4.78, 5) is 11.2. The SMILES string of the molecule is CCc1cc(N2CCCC(COc3ccccc3)C2)n2ncnc2n1. The van der Waals surface area contributed by atoms with Gasteiger partial charge >= 0.3 is 0 Å². The van der Waals surface area contributed by atoms with Crippen molar-refractivity contribution in [2.45, 2.75) is 26.2 Å². The number of fused-ring (bicyclic) bond motifs is 1. The number of aromatic nitrogens is 4. The van der Waals surface area contributed by atoms with Gasteiger partial charge in [-0.1, -0.05) is 25.1 Å². The first kappa shape index (κ1) is 15.9. The zero-order valence-electron chi connectivity index (χ0n) is 14.5. The number of hydrogen-bond acceptors (Lipinski definition) is 5. The highest BCUT2D eigenvalue weighted by atomic mass is 16.5. The number of nitrogens with zero attached hydrogens (tertiary/aromatic N) is 5. The summed E-state index contributed by atoms with van der Waals surface area (Å²) in [5.41, 5.74) is 1.05. The summed E-state index contributed by atoms with van der Waals surface area (Å²) in [6.45, 7) is 4.86. The van der Waals surface area contributed by atoms with Gasteiger partial charge < -0.3 is 9.64 Å². The van der Waals surface area contributed by atoms with E-state index in [0.717, 1.165) is 49.8 Å². The zero-order valence-corrected chi connectivity index (χ0v) is 14.5. The van der Waals surface area contributed by atoms with Crippen LogP contribution in [0.2, 0.25) is 0 Å². The molecule has 1 aliphatic heterocycles. The molecular formula is C19H23N5O. The van der Waals surface area contributed by atoms with Crippen molar-refractivity contribution in [2.24, 2.45) is 5.92 Å². The third-order valence-electron chi connectivity index (χ3n) is 4.72. The Morgan fingerprint density at radius 1 is 1.24 bits per heavy atom. The van der Waals surface area contributed by atoms with Gasteiger partial charge in [-0.25, -0.2) is 4.98 Å². The Bertz CT molecular complexity index is 832. The predicted molar refractivity (Wildman–Crippen MR) is 97.0 cm³/mol. The van der Waals surface area contributed by atoms with Crippen LogP contribution in [-0.2, 0) is 6.42 Å². The van der Waals surface area contributed by atoms with Gasteiger partial charge in [-0.05, 0) is 31.4 Å². The minimum absolute atomic E-state index is 0.505. The molecule has 0 aliphatic carbocycles. The first-order chi connectivity index (χ1) is 12.3. The number of ether oxygens (including phenoxy) is 1. The molecule has 2 aromatic heterocycles. The summed E-state index contributed by atoms with van der Waals surface area (Å²) in [6, 6.07) is 12.2. The molecule has 1 fully saturated rings. The normalized spacial score (nSPS) is 17.8. The van der Waals surface area contributed by atoms with Crippen LogP contribution < -0.4 is 9.64 Å². The van der Waals surface area contributed by atoms with Gasteiger partial charge in [0.2, 0.25) is 0 Å². The topological polar surface area (TPSA) is 55.6 Å². The molecule has 0 amide bonds. The Kier molecular flexibility index (Phi) is 4.50. The maximum Gasteiger partial charge on any atom is 0.254 e. The Morgan fingerprint density at radius 3 is 2.96 bits per heavy atom. The van der Waals surface area contributed by atoms with Gasteiger partial charge in [-0.15, -0.1) is 0 Å². The lowest BCUT2D eigenvalue weighted by Gasteiger charge is -2.34. The molecule has 1 atom stereocenters. The van der Waals surface area contributed by atoms with Crippen LogP contribution in [0.4, 0.5) is 5.82 Å². The van der Waals surface area contributed by atoms with Gasteiger partial charge in [0.25, 0.3) is 5.78 Å². The minimum Gasteiger partial charge on any atom is -0.493 e. The minimum atomic E-state index is 0.505. The largest absolute Gasteiger partial charge is 0.493 e. The molecule has 0 spiro atoms. The Hall–Kier alpha value is -2.63. The van der Waals surface area contributed by atoms with Crippen LogP contribution in [0.3, 0.4) is 0 Å². The van der Waals surface area contributed by atoms with Crippen LogP contribution in [0.15, 0.2) is 42.7 Å². The lowest BCUT2D eigenvalue weighted by atomic mass is 9.99. The summed E-state index contributed by atoms with van der Waals surface area (Å²) in [5.74, 6) is 3.21. The summed E-state index contributed by atoms with van der Waals surface area (Å²) in [6.07, 6.45) is 4.81. The lowest BCUT2D eigenvalue weighted by molar-refractivity contribution is 0.228. The van der Waals surface area contributed by atoms with Crippen molar-refractivity contribution in [1.29, 1.82) is 0 Å². The van der Waals surface area contributed by atoms with Gasteiger partial charge in [0.1, 0.15) is 17.9 Å². The van der Waals surface area contributed by atoms with E-state index in [2.05, 4.69) is 33.0 Å². The predicted octanol–water partition coefficient (Wildman–Crippen LogP) is 2.98. The molecule has 1 saturated heterocycles. The molecule has 6 heteroatoms. The molecule has 1 aliphatic rings. The third-order valence-corrected chi connectivity index (χ3v) is 4.72. The van der Waals surface area contributed by atoms with Gasteiger partial charge in [0, 0.05) is 30.8 Å². The monoisotopic (exact) mass is 337 g/mol. The fourth-order valence-corrected chi connectivity index (χ4v) is 3.39. The highest BCUT2D eigenvalue weighted by molar-refractivity contribution is 5.47. The molecule has 0 bridgehead atoms. The number of rotatable bonds is 5. The van der Waals surface area contributed by atoms with Crippen molar-refractivity contribution in [2.75, 3.05) is 24.6 Å². The van der Waals surface area contributed by atoms with Crippen LogP contribution in [0.5, 0.6) is 5.75 Å². The van der Waals surface area contributed by atoms with Gasteiger partial charge in [-0.2, -0.15) is 14.6 Å². The van der Waals surface area contributed by atoms with E-state index < -0.39 is 0 Å². The standard InChI is InChI=1S/C19H23N5O/c1-2-16-11-18(24-19(22-16)20-14-21-24)23-10-6-7-15(12-23)13-25-17-8-4-3-5-9-17/h3-5,8-9,11,14-15H,2,6-7,10,12-13H2,1H3. The first-order valence-electron chi connectivity index (χ1n) is 8.96. The van der Waals surface area contributed by atoms with Crippen molar-refractivity contribution in [3.8, 4) is 5.75 Å². The number of aryl methyl sites for hydroxylation is 1. The number of piperidine rings is 1. The van der Waals surface area contributed by atoms with Crippen molar-refractivity contribution >= 4 is 11.6 Å². The zero-order chi connectivity index (χ0) is 17.1. The van der Waals surface area contributed by atoms with E-state index in [-0.39, 0.29) is 0 Å². The van der Waals surface area contributed by atoms with Crippen LogP contribution in [-0.4, -0.2) is 39.3 Å². The Labute approximate surface area is 147 Å². The van der Waals surface area contributed by atoms with Gasteiger partial charge in [-0.3, -0.25) is 0 Å². The van der Waals surface area contributed by atoms with Crippen molar-refractivity contribution in [1.82, 2.24) is 19.6 Å². The van der Waals surface area contributed by atoms with Crippen LogP contribution in [0, 0.1) is 5.92 Å². The highest BCUT2D eigenvalue weighted by Gasteiger charge is 2.23. The number of hydrogen-bond donors (Lipinski definition) is 0. The van der Waals surface area contributed by atoms with Crippen LogP contribution in [0.25, 0.3) is 5.78 Å². The van der Waals surface area contributed by atoms with E-state index in [0.29, 0.717) is 11.7 Å². The number of benzene rings is 1. The second kappa shape index (κ2) is 7.09. The molecule has 25 heavy (non-hydrogen) atoms. The van der Waals surface area contributed by atoms with Gasteiger partial charge in [0.15, 0.2) is 0 Å². The molecule has 0 saturated carbocycles. The third kappa shape index (κ3) is 3.43. The van der Waals surface area contributed by atoms with Crippen molar-refractivity contribution < 1.29 is 4.74 Å².